The van der Waals surface area contributed by atoms with Crippen LogP contribution >= 0.6 is 0 Å². The van der Waals surface area contributed by atoms with Crippen molar-refractivity contribution in [1.82, 2.24) is 14.7 Å². The van der Waals surface area contributed by atoms with E-state index in [-0.39, 0.29) is 17.0 Å². The normalized spacial score (nSPS) is 10.7. The van der Waals surface area contributed by atoms with Crippen LogP contribution in [0, 0.1) is 0 Å². The molecule has 2 aromatic heterocycles. The first kappa shape index (κ1) is 17.7. The van der Waals surface area contributed by atoms with E-state index in [0.717, 1.165) is 19.5 Å². The molecular weight excluding hydrogens is 328 g/mol. The number of pyridine rings is 1. The van der Waals surface area contributed by atoms with Gasteiger partial charge in [-0.3, -0.25) is 14.0 Å². The summed E-state index contributed by atoms with van der Waals surface area (Å²) < 4.78 is 1.38. The highest BCUT2D eigenvalue weighted by molar-refractivity contribution is 5.93. The minimum atomic E-state index is -0.386. The molecule has 0 spiro atoms. The summed E-state index contributed by atoms with van der Waals surface area (Å²) in [5.41, 5.74) is 1.39. The van der Waals surface area contributed by atoms with Crippen molar-refractivity contribution in [2.45, 2.75) is 13.3 Å². The van der Waals surface area contributed by atoms with Crippen molar-refractivity contribution < 1.29 is 4.79 Å². The molecule has 1 aromatic carbocycles. The third-order valence-corrected chi connectivity index (χ3v) is 4.25. The maximum atomic E-state index is 12.4. The van der Waals surface area contributed by atoms with Crippen molar-refractivity contribution in [3.63, 3.8) is 0 Å². The van der Waals surface area contributed by atoms with Gasteiger partial charge < -0.3 is 10.2 Å². The molecule has 0 saturated carbocycles. The first-order valence-electron chi connectivity index (χ1n) is 8.75. The number of aromatic nitrogens is 2. The number of hydrogen-bond donors (Lipinski definition) is 1. The van der Waals surface area contributed by atoms with Crippen LogP contribution in [0.3, 0.4) is 0 Å². The summed E-state index contributed by atoms with van der Waals surface area (Å²) in [4.78, 5) is 31.1. The van der Waals surface area contributed by atoms with Crippen LogP contribution in [0.1, 0.15) is 23.7 Å². The fourth-order valence-electron chi connectivity index (χ4n) is 2.86. The van der Waals surface area contributed by atoms with Gasteiger partial charge in [0.25, 0.3) is 11.5 Å². The molecule has 134 valence electrons. The Hall–Kier alpha value is -3.15. The van der Waals surface area contributed by atoms with Crippen molar-refractivity contribution in [2.75, 3.05) is 24.5 Å². The second-order valence-corrected chi connectivity index (χ2v) is 5.93. The van der Waals surface area contributed by atoms with Crippen LogP contribution < -0.4 is 15.8 Å². The number of rotatable bonds is 7. The zero-order chi connectivity index (χ0) is 18.4. The topological polar surface area (TPSA) is 66.7 Å². The maximum Gasteiger partial charge on any atom is 0.270 e. The molecule has 2 heterocycles. The highest BCUT2D eigenvalue weighted by Gasteiger charge is 2.12. The molecule has 26 heavy (non-hydrogen) atoms. The van der Waals surface area contributed by atoms with Crippen LogP contribution in [-0.2, 0) is 0 Å². The number of fused-ring (bicyclic) bond motifs is 1. The van der Waals surface area contributed by atoms with Crippen LogP contribution in [0.25, 0.3) is 5.65 Å². The van der Waals surface area contributed by atoms with Crippen LogP contribution in [-0.4, -0.2) is 34.9 Å². The van der Waals surface area contributed by atoms with Crippen molar-refractivity contribution in [3.05, 3.63) is 76.8 Å². The summed E-state index contributed by atoms with van der Waals surface area (Å²) in [7, 11) is 0. The van der Waals surface area contributed by atoms with Crippen LogP contribution in [0.4, 0.5) is 5.69 Å². The Balaban J connectivity index is 1.58. The van der Waals surface area contributed by atoms with Gasteiger partial charge in [0.05, 0.1) is 0 Å². The average molecular weight is 350 g/mol. The van der Waals surface area contributed by atoms with Crippen molar-refractivity contribution in [2.24, 2.45) is 0 Å². The average Bonchev–Trinajstić information content (AvgIpc) is 2.69. The van der Waals surface area contributed by atoms with Gasteiger partial charge in [-0.25, -0.2) is 4.98 Å². The molecule has 3 rings (SSSR count). The predicted octanol–water partition coefficient (Wildman–Crippen LogP) is 2.34. The Labute approximate surface area is 152 Å². The van der Waals surface area contributed by atoms with E-state index in [1.807, 2.05) is 18.2 Å². The lowest BCUT2D eigenvalue weighted by atomic mass is 10.2. The number of para-hydroxylation sites is 1. The molecule has 0 saturated heterocycles. The lowest BCUT2D eigenvalue weighted by Crippen LogP contribution is -2.34. The molecule has 0 fully saturated rings. The number of carbonyl (C=O) groups excluding carboxylic acids is 1. The molecule has 0 aliphatic carbocycles. The van der Waals surface area contributed by atoms with E-state index in [4.69, 9.17) is 0 Å². The molecule has 6 nitrogen and oxygen atoms in total. The quantitative estimate of drug-likeness (QED) is 0.664. The van der Waals surface area contributed by atoms with Gasteiger partial charge in [-0.15, -0.1) is 0 Å². The minimum absolute atomic E-state index is 0.0594. The number of carbonyl (C=O) groups is 1. The first-order valence-corrected chi connectivity index (χ1v) is 8.75. The van der Waals surface area contributed by atoms with Gasteiger partial charge in [-0.1, -0.05) is 24.3 Å². The van der Waals surface area contributed by atoms with Crippen LogP contribution in [0.5, 0.6) is 0 Å². The Morgan fingerprint density at radius 2 is 1.92 bits per heavy atom. The minimum Gasteiger partial charge on any atom is -0.372 e. The second-order valence-electron chi connectivity index (χ2n) is 5.93. The van der Waals surface area contributed by atoms with E-state index in [2.05, 4.69) is 34.3 Å². The highest BCUT2D eigenvalue weighted by Crippen LogP contribution is 2.12. The van der Waals surface area contributed by atoms with Gasteiger partial charge in [0.15, 0.2) is 0 Å². The summed E-state index contributed by atoms with van der Waals surface area (Å²) in [5, 5.41) is 2.82. The van der Waals surface area contributed by atoms with Gasteiger partial charge in [-0.2, -0.15) is 0 Å². The summed E-state index contributed by atoms with van der Waals surface area (Å²) in [6.45, 7) is 4.33. The lowest BCUT2D eigenvalue weighted by molar-refractivity contribution is 0.0951. The van der Waals surface area contributed by atoms with Crippen LogP contribution in [0.15, 0.2) is 65.7 Å². The molecule has 6 heteroatoms. The van der Waals surface area contributed by atoms with E-state index >= 15 is 0 Å². The first-order chi connectivity index (χ1) is 12.7. The van der Waals surface area contributed by atoms with Gasteiger partial charge in [-0.05, 0) is 37.6 Å². The van der Waals surface area contributed by atoms with Gasteiger partial charge in [0.1, 0.15) is 11.2 Å². The Kier molecular flexibility index (Phi) is 5.63. The predicted molar refractivity (Wildman–Crippen MR) is 103 cm³/mol. The molecule has 0 aliphatic rings. The molecule has 3 aromatic rings. The Morgan fingerprint density at radius 1 is 1.15 bits per heavy atom. The number of nitrogens with one attached hydrogen (secondary N) is 1. The van der Waals surface area contributed by atoms with Crippen molar-refractivity contribution >= 4 is 17.2 Å². The Morgan fingerprint density at radius 3 is 2.69 bits per heavy atom. The van der Waals surface area contributed by atoms with E-state index < -0.39 is 0 Å². The molecule has 0 atom stereocenters. The van der Waals surface area contributed by atoms with E-state index in [1.54, 1.807) is 24.4 Å². The molecule has 1 amide bonds. The van der Waals surface area contributed by atoms with Gasteiger partial charge in [0, 0.05) is 37.7 Å². The third kappa shape index (κ3) is 3.91. The fraction of sp³-hybridized carbons (Fsp3) is 0.250. The van der Waals surface area contributed by atoms with Crippen molar-refractivity contribution in [1.29, 1.82) is 0 Å². The Bertz CT molecular complexity index is 937. The van der Waals surface area contributed by atoms with E-state index in [0.29, 0.717) is 12.2 Å². The molecule has 0 unspecified atom stereocenters. The summed E-state index contributed by atoms with van der Waals surface area (Å²) in [6.07, 6.45) is 3.74. The van der Waals surface area contributed by atoms with E-state index in [1.165, 1.54) is 16.3 Å². The number of anilines is 1. The largest absolute Gasteiger partial charge is 0.372 e. The molecule has 0 bridgehead atoms. The zero-order valence-corrected chi connectivity index (χ0v) is 14.8. The second kappa shape index (κ2) is 8.29. The number of hydrogen-bond acceptors (Lipinski definition) is 4. The number of amides is 1. The van der Waals surface area contributed by atoms with E-state index in [9.17, 15) is 9.59 Å². The fourth-order valence-corrected chi connectivity index (χ4v) is 2.86. The molecule has 1 N–H and O–H groups in total. The number of nitrogens with zero attached hydrogens (tertiary/aromatic N) is 3. The standard InChI is InChI=1S/C20H22N4O2/c1-2-23(16-9-4-3-5-10-16)13-8-12-21-19(25)17-15-22-18-11-6-7-14-24(18)20(17)26/h3-7,9-11,14-15H,2,8,12-13H2,1H3,(H,21,25). The molecule has 0 radical (unpaired) electrons. The highest BCUT2D eigenvalue weighted by atomic mass is 16.2. The van der Waals surface area contributed by atoms with Gasteiger partial charge >= 0.3 is 0 Å². The smallest absolute Gasteiger partial charge is 0.270 e. The SMILES string of the molecule is CCN(CCCNC(=O)c1cnc2ccccn2c1=O)c1ccccc1. The third-order valence-electron chi connectivity index (χ3n) is 4.25. The monoisotopic (exact) mass is 350 g/mol. The summed E-state index contributed by atoms with van der Waals surface area (Å²) in [6, 6.07) is 15.4. The lowest BCUT2D eigenvalue weighted by Gasteiger charge is -2.23. The van der Waals surface area contributed by atoms with Gasteiger partial charge in [0.2, 0.25) is 0 Å². The zero-order valence-electron chi connectivity index (χ0n) is 14.8. The maximum absolute atomic E-state index is 12.4. The molecular formula is C20H22N4O2. The van der Waals surface area contributed by atoms with Crippen molar-refractivity contribution in [3.8, 4) is 0 Å². The van der Waals surface area contributed by atoms with Crippen LogP contribution in [0.2, 0.25) is 0 Å². The summed E-state index contributed by atoms with van der Waals surface area (Å²) in [5.74, 6) is -0.386. The summed E-state index contributed by atoms with van der Waals surface area (Å²) >= 11 is 0. The number of benzene rings is 1. The molecule has 0 aliphatic heterocycles.